The fourth-order valence-corrected chi connectivity index (χ4v) is 1.68. The molecule has 1 heterocycles. The molecule has 1 unspecified atom stereocenters. The first-order valence-electron chi connectivity index (χ1n) is 4.83. The number of hydrazine groups is 1. The van der Waals surface area contributed by atoms with E-state index in [1.54, 1.807) is 0 Å². The second-order valence-corrected chi connectivity index (χ2v) is 3.45. The third kappa shape index (κ3) is 1.96. The molecule has 6 heteroatoms. The van der Waals surface area contributed by atoms with Crippen LogP contribution in [0.3, 0.4) is 0 Å². The van der Waals surface area contributed by atoms with E-state index in [1.165, 1.54) is 0 Å². The maximum Gasteiger partial charge on any atom is 0.305 e. The minimum atomic E-state index is -0.887. The molecule has 16 heavy (non-hydrogen) atoms. The smallest absolute Gasteiger partial charge is 0.305 e. The normalized spacial score (nSPS) is 18.1. The van der Waals surface area contributed by atoms with E-state index in [-0.39, 0.29) is 6.42 Å². The number of nitrogens with zero attached hydrogens (tertiary/aromatic N) is 1. The summed E-state index contributed by atoms with van der Waals surface area (Å²) in [5, 5.41) is 11.8. The fraction of sp³-hybridized carbons (Fsp3) is 0.200. The third-order valence-corrected chi connectivity index (χ3v) is 2.36. The summed E-state index contributed by atoms with van der Waals surface area (Å²) in [5.41, 5.74) is 4.09. The molecule has 1 aliphatic heterocycles. The highest BCUT2D eigenvalue weighted by Crippen LogP contribution is 2.31. The van der Waals surface area contributed by atoms with Crippen molar-refractivity contribution in [1.29, 1.82) is 0 Å². The van der Waals surface area contributed by atoms with Gasteiger partial charge in [-0.25, -0.2) is 10.8 Å². The quantitative estimate of drug-likeness (QED) is 0.428. The lowest BCUT2D eigenvalue weighted by atomic mass is 10.0. The number of nitrogens with two attached hydrogens (primary N) is 1. The van der Waals surface area contributed by atoms with Gasteiger partial charge in [-0.05, 0) is 6.07 Å². The van der Waals surface area contributed by atoms with Crippen molar-refractivity contribution >= 4 is 17.6 Å². The summed E-state index contributed by atoms with van der Waals surface area (Å²) in [6, 6.07) is 7.03. The molecule has 0 amide bonds. The van der Waals surface area contributed by atoms with Crippen molar-refractivity contribution in [2.45, 2.75) is 12.5 Å². The van der Waals surface area contributed by atoms with E-state index in [0.717, 1.165) is 11.3 Å². The van der Waals surface area contributed by atoms with Crippen molar-refractivity contribution in [3.05, 3.63) is 29.8 Å². The molecule has 1 atom stereocenters. The maximum atomic E-state index is 10.7. The Hall–Kier alpha value is -2.08. The zero-order chi connectivity index (χ0) is 11.5. The molecule has 0 saturated heterocycles. The van der Waals surface area contributed by atoms with Crippen LogP contribution < -0.4 is 16.6 Å². The van der Waals surface area contributed by atoms with Crippen LogP contribution >= 0.6 is 0 Å². The van der Waals surface area contributed by atoms with Crippen LogP contribution in [0, 0.1) is 0 Å². The number of carboxylic acids is 1. The van der Waals surface area contributed by atoms with Crippen LogP contribution in [0.15, 0.2) is 29.3 Å². The first-order valence-corrected chi connectivity index (χ1v) is 4.83. The number of anilines is 1. The van der Waals surface area contributed by atoms with Gasteiger partial charge >= 0.3 is 5.97 Å². The van der Waals surface area contributed by atoms with Crippen molar-refractivity contribution in [1.82, 2.24) is 5.43 Å². The van der Waals surface area contributed by atoms with Gasteiger partial charge < -0.3 is 10.4 Å². The molecule has 0 radical (unpaired) electrons. The highest BCUT2D eigenvalue weighted by atomic mass is 16.4. The number of guanidine groups is 1. The second-order valence-electron chi connectivity index (χ2n) is 3.45. The summed E-state index contributed by atoms with van der Waals surface area (Å²) in [7, 11) is 0. The van der Waals surface area contributed by atoms with Crippen LogP contribution in [0.5, 0.6) is 0 Å². The number of carbonyl (C=O) groups is 1. The van der Waals surface area contributed by atoms with E-state index in [4.69, 9.17) is 10.9 Å². The summed E-state index contributed by atoms with van der Waals surface area (Å²) in [4.78, 5) is 14.9. The number of rotatable bonds is 2. The van der Waals surface area contributed by atoms with Crippen molar-refractivity contribution in [3.8, 4) is 0 Å². The third-order valence-electron chi connectivity index (χ3n) is 2.36. The highest BCUT2D eigenvalue weighted by Gasteiger charge is 2.22. The summed E-state index contributed by atoms with van der Waals surface area (Å²) < 4.78 is 0. The number of nitrogens with one attached hydrogen (secondary N) is 2. The number of fused-ring (bicyclic) bond motifs is 1. The molecule has 0 aromatic heterocycles. The first-order chi connectivity index (χ1) is 7.70. The minimum Gasteiger partial charge on any atom is -0.481 e. The lowest BCUT2D eigenvalue weighted by Crippen LogP contribution is -2.38. The van der Waals surface area contributed by atoms with Gasteiger partial charge in [-0.2, -0.15) is 0 Å². The van der Waals surface area contributed by atoms with Crippen LogP contribution in [0.4, 0.5) is 5.69 Å². The molecule has 2 rings (SSSR count). The number of hydrogen-bond donors (Lipinski definition) is 4. The Morgan fingerprint density at radius 1 is 1.56 bits per heavy atom. The first kappa shape index (κ1) is 10.4. The van der Waals surface area contributed by atoms with Gasteiger partial charge in [-0.15, -0.1) is 0 Å². The molecule has 6 nitrogen and oxygen atoms in total. The molecule has 1 aliphatic rings. The largest absolute Gasteiger partial charge is 0.481 e. The van der Waals surface area contributed by atoms with Gasteiger partial charge in [0.2, 0.25) is 5.96 Å². The van der Waals surface area contributed by atoms with Crippen LogP contribution in [0.1, 0.15) is 18.0 Å². The molecule has 0 aliphatic carbocycles. The Labute approximate surface area is 92.1 Å². The molecular weight excluding hydrogens is 208 g/mol. The Morgan fingerprint density at radius 3 is 3.00 bits per heavy atom. The number of aliphatic imine (C=N–C) groups is 1. The van der Waals surface area contributed by atoms with E-state index >= 15 is 0 Å². The Bertz CT molecular complexity index is 444. The average Bonchev–Trinajstić information content (AvgIpc) is 2.28. The van der Waals surface area contributed by atoms with Crippen molar-refractivity contribution in [2.24, 2.45) is 10.8 Å². The van der Waals surface area contributed by atoms with Gasteiger partial charge in [0.25, 0.3) is 0 Å². The van der Waals surface area contributed by atoms with Gasteiger partial charge in [0.15, 0.2) is 0 Å². The Kier molecular flexibility index (Phi) is 2.74. The number of aliphatic carboxylic acids is 1. The molecule has 1 aromatic carbocycles. The molecular formula is C10H12N4O2. The van der Waals surface area contributed by atoms with Gasteiger partial charge in [-0.3, -0.25) is 10.2 Å². The summed E-state index contributed by atoms with van der Waals surface area (Å²) in [6.45, 7) is 0. The van der Waals surface area contributed by atoms with Crippen molar-refractivity contribution in [2.75, 3.05) is 5.32 Å². The number of benzene rings is 1. The molecule has 0 saturated carbocycles. The number of hydrogen-bond acceptors (Lipinski definition) is 5. The van der Waals surface area contributed by atoms with E-state index in [2.05, 4.69) is 15.7 Å². The van der Waals surface area contributed by atoms with E-state index in [1.807, 2.05) is 24.3 Å². The lowest BCUT2D eigenvalue weighted by molar-refractivity contribution is -0.137. The van der Waals surface area contributed by atoms with Crippen molar-refractivity contribution < 1.29 is 9.90 Å². The van der Waals surface area contributed by atoms with Crippen LogP contribution in [-0.4, -0.2) is 17.0 Å². The SMILES string of the molecule is NNC1=NC(CC(=O)O)c2ccccc2N1. The number of para-hydroxylation sites is 1. The standard InChI is InChI=1S/C10H12N4O2/c11-14-10-12-7-4-2-1-3-6(7)8(13-10)5-9(15)16/h1-4,8H,5,11H2,(H,15,16)(H2,12,13,14). The predicted octanol–water partition coefficient (Wildman–Crippen LogP) is 0.447. The zero-order valence-electron chi connectivity index (χ0n) is 8.47. The summed E-state index contributed by atoms with van der Waals surface area (Å²) >= 11 is 0. The van der Waals surface area contributed by atoms with Crippen LogP contribution in [0.25, 0.3) is 0 Å². The summed E-state index contributed by atoms with van der Waals surface area (Å²) in [5.74, 6) is 4.76. The minimum absolute atomic E-state index is 0.0517. The Balaban J connectivity index is 2.35. The van der Waals surface area contributed by atoms with Gasteiger partial charge in [-0.1, -0.05) is 18.2 Å². The fourth-order valence-electron chi connectivity index (χ4n) is 1.68. The van der Waals surface area contributed by atoms with Gasteiger partial charge in [0.05, 0.1) is 12.5 Å². The highest BCUT2D eigenvalue weighted by molar-refractivity contribution is 5.96. The van der Waals surface area contributed by atoms with Crippen LogP contribution in [0.2, 0.25) is 0 Å². The molecule has 1 aromatic rings. The van der Waals surface area contributed by atoms with E-state index in [9.17, 15) is 4.79 Å². The van der Waals surface area contributed by atoms with Crippen molar-refractivity contribution in [3.63, 3.8) is 0 Å². The topological polar surface area (TPSA) is 99.7 Å². The molecule has 5 N–H and O–H groups in total. The molecule has 0 fully saturated rings. The number of carboxylic acid groups (broad SMARTS) is 1. The molecule has 84 valence electrons. The monoisotopic (exact) mass is 220 g/mol. The summed E-state index contributed by atoms with van der Waals surface area (Å²) in [6.07, 6.45) is -0.0517. The average molecular weight is 220 g/mol. The van der Waals surface area contributed by atoms with Gasteiger partial charge in [0.1, 0.15) is 0 Å². The van der Waals surface area contributed by atoms with E-state index < -0.39 is 12.0 Å². The Morgan fingerprint density at radius 2 is 2.31 bits per heavy atom. The van der Waals surface area contributed by atoms with Gasteiger partial charge in [0, 0.05) is 11.3 Å². The zero-order valence-corrected chi connectivity index (χ0v) is 8.47. The maximum absolute atomic E-state index is 10.7. The van der Waals surface area contributed by atoms with Crippen LogP contribution in [-0.2, 0) is 4.79 Å². The molecule has 0 bridgehead atoms. The second kappa shape index (κ2) is 4.19. The molecule has 0 spiro atoms. The predicted molar refractivity (Wildman–Crippen MR) is 59.8 cm³/mol. The lowest BCUT2D eigenvalue weighted by Gasteiger charge is -2.23. The van der Waals surface area contributed by atoms with E-state index in [0.29, 0.717) is 5.96 Å².